The molecule has 0 fully saturated rings. The fourth-order valence-electron chi connectivity index (χ4n) is 3.91. The standard InChI is InChI=1S/C26H24Cl2N4O2/c1-3-15-31(26(34)29-19-10-8-9-18(27)16-19)17(2)24-30-22-13-6-4-11-20(22)25(33)32(24)23-14-7-5-12-21(23)28/h4-14,16-17H,3,15H2,1-2H3,(H,29,34). The smallest absolute Gasteiger partial charge is 0.315 e. The van der Waals surface area contributed by atoms with Crippen LogP contribution in [0, 0.1) is 0 Å². The van der Waals surface area contributed by atoms with E-state index in [2.05, 4.69) is 5.32 Å². The lowest BCUT2D eigenvalue weighted by atomic mass is 10.2. The number of anilines is 1. The van der Waals surface area contributed by atoms with E-state index in [1.54, 1.807) is 65.6 Å². The van der Waals surface area contributed by atoms with Crippen LogP contribution in [0.1, 0.15) is 32.1 Å². The molecule has 2 amide bonds. The molecule has 0 saturated carbocycles. The van der Waals surface area contributed by atoms with Crippen molar-refractivity contribution in [2.24, 2.45) is 0 Å². The highest BCUT2D eigenvalue weighted by molar-refractivity contribution is 6.32. The van der Waals surface area contributed by atoms with Gasteiger partial charge in [0.2, 0.25) is 0 Å². The molecule has 8 heteroatoms. The predicted octanol–water partition coefficient (Wildman–Crippen LogP) is 6.70. The topological polar surface area (TPSA) is 67.2 Å². The average molecular weight is 495 g/mol. The molecular formula is C26H24Cl2N4O2. The first kappa shape index (κ1) is 23.8. The Morgan fingerprint density at radius 2 is 1.79 bits per heavy atom. The van der Waals surface area contributed by atoms with Crippen molar-refractivity contribution in [2.75, 3.05) is 11.9 Å². The fourth-order valence-corrected chi connectivity index (χ4v) is 4.32. The van der Waals surface area contributed by atoms with Gasteiger partial charge < -0.3 is 10.2 Å². The van der Waals surface area contributed by atoms with Gasteiger partial charge in [-0.25, -0.2) is 9.78 Å². The first-order valence-corrected chi connectivity index (χ1v) is 11.8. The number of fused-ring (bicyclic) bond motifs is 1. The maximum atomic E-state index is 13.6. The van der Waals surface area contributed by atoms with Crippen molar-refractivity contribution >= 4 is 45.8 Å². The van der Waals surface area contributed by atoms with Gasteiger partial charge in [-0.2, -0.15) is 0 Å². The van der Waals surface area contributed by atoms with Crippen molar-refractivity contribution in [1.29, 1.82) is 0 Å². The highest BCUT2D eigenvalue weighted by Crippen LogP contribution is 2.27. The van der Waals surface area contributed by atoms with Gasteiger partial charge in [0.15, 0.2) is 0 Å². The molecule has 0 bridgehead atoms. The third-order valence-corrected chi connectivity index (χ3v) is 6.09. The third-order valence-electron chi connectivity index (χ3n) is 5.54. The Labute approximate surface area is 207 Å². The van der Waals surface area contributed by atoms with Crippen molar-refractivity contribution in [3.63, 3.8) is 0 Å². The molecule has 4 aromatic rings. The molecule has 1 aromatic heterocycles. The summed E-state index contributed by atoms with van der Waals surface area (Å²) in [7, 11) is 0. The van der Waals surface area contributed by atoms with Crippen molar-refractivity contribution in [3.05, 3.63) is 99.0 Å². The highest BCUT2D eigenvalue weighted by Gasteiger charge is 2.27. The molecular weight excluding hydrogens is 471 g/mol. The van der Waals surface area contributed by atoms with Crippen LogP contribution in [0.15, 0.2) is 77.6 Å². The molecule has 0 aliphatic carbocycles. The number of para-hydroxylation sites is 2. The van der Waals surface area contributed by atoms with Crippen LogP contribution in [-0.2, 0) is 0 Å². The molecule has 0 aliphatic heterocycles. The first-order valence-electron chi connectivity index (χ1n) is 11.0. The Bertz CT molecular complexity index is 1400. The zero-order chi connectivity index (χ0) is 24.2. The number of hydrogen-bond donors (Lipinski definition) is 1. The van der Waals surface area contributed by atoms with Crippen molar-refractivity contribution in [1.82, 2.24) is 14.5 Å². The molecule has 0 spiro atoms. The number of urea groups is 1. The second-order valence-corrected chi connectivity index (χ2v) is 8.73. The van der Waals surface area contributed by atoms with E-state index in [1.807, 2.05) is 26.0 Å². The van der Waals surface area contributed by atoms with Crippen molar-refractivity contribution < 1.29 is 4.79 Å². The molecule has 34 heavy (non-hydrogen) atoms. The van der Waals surface area contributed by atoms with E-state index in [9.17, 15) is 9.59 Å². The van der Waals surface area contributed by atoms with E-state index in [1.165, 1.54) is 4.57 Å². The summed E-state index contributed by atoms with van der Waals surface area (Å²) in [4.78, 5) is 33.4. The van der Waals surface area contributed by atoms with Gasteiger partial charge in [-0.15, -0.1) is 0 Å². The van der Waals surface area contributed by atoms with Crippen LogP contribution in [0.25, 0.3) is 16.6 Å². The number of rotatable bonds is 6. The molecule has 1 atom stereocenters. The summed E-state index contributed by atoms with van der Waals surface area (Å²) in [5.74, 6) is 0.423. The van der Waals surface area contributed by atoms with Crippen LogP contribution >= 0.6 is 23.2 Å². The summed E-state index contributed by atoms with van der Waals surface area (Å²) in [6.45, 7) is 4.30. The minimum atomic E-state index is -0.535. The summed E-state index contributed by atoms with van der Waals surface area (Å²) >= 11 is 12.6. The van der Waals surface area contributed by atoms with Crippen LogP contribution in [0.2, 0.25) is 10.0 Å². The van der Waals surface area contributed by atoms with E-state index in [0.717, 1.165) is 6.42 Å². The molecule has 1 heterocycles. The van der Waals surface area contributed by atoms with Gasteiger partial charge >= 0.3 is 6.03 Å². The molecule has 1 N–H and O–H groups in total. The van der Waals surface area contributed by atoms with E-state index in [-0.39, 0.29) is 11.6 Å². The van der Waals surface area contributed by atoms with Crippen molar-refractivity contribution in [3.8, 4) is 5.69 Å². The molecule has 3 aromatic carbocycles. The average Bonchev–Trinajstić information content (AvgIpc) is 2.83. The lowest BCUT2D eigenvalue weighted by Crippen LogP contribution is -2.40. The molecule has 6 nitrogen and oxygen atoms in total. The Morgan fingerprint density at radius 3 is 2.53 bits per heavy atom. The zero-order valence-corrected chi connectivity index (χ0v) is 20.3. The molecule has 4 rings (SSSR count). The third kappa shape index (κ3) is 4.79. The maximum absolute atomic E-state index is 13.6. The number of amides is 2. The zero-order valence-electron chi connectivity index (χ0n) is 18.8. The minimum Gasteiger partial charge on any atom is -0.315 e. The Hall–Kier alpha value is -3.35. The quantitative estimate of drug-likeness (QED) is 0.324. The van der Waals surface area contributed by atoms with Gasteiger partial charge in [0.05, 0.1) is 27.7 Å². The van der Waals surface area contributed by atoms with Gasteiger partial charge in [0, 0.05) is 17.3 Å². The number of aromatic nitrogens is 2. The minimum absolute atomic E-state index is 0.243. The second kappa shape index (κ2) is 10.3. The van der Waals surface area contributed by atoms with E-state index in [4.69, 9.17) is 28.2 Å². The Balaban J connectivity index is 1.84. The largest absolute Gasteiger partial charge is 0.322 e. The highest BCUT2D eigenvalue weighted by atomic mass is 35.5. The first-order chi connectivity index (χ1) is 16.4. The second-order valence-electron chi connectivity index (χ2n) is 7.89. The van der Waals surface area contributed by atoms with Crippen LogP contribution in [0.4, 0.5) is 10.5 Å². The molecule has 1 unspecified atom stereocenters. The number of benzene rings is 3. The molecule has 0 aliphatic rings. The van der Waals surface area contributed by atoms with Crippen molar-refractivity contribution in [2.45, 2.75) is 26.3 Å². The van der Waals surface area contributed by atoms with Gasteiger partial charge in [-0.3, -0.25) is 9.36 Å². The van der Waals surface area contributed by atoms with Crippen LogP contribution < -0.4 is 10.9 Å². The number of nitrogens with one attached hydrogen (secondary N) is 1. The molecule has 0 saturated heterocycles. The summed E-state index contributed by atoms with van der Waals surface area (Å²) in [5.41, 5.74) is 1.42. The summed E-state index contributed by atoms with van der Waals surface area (Å²) in [5, 5.41) is 4.32. The molecule has 174 valence electrons. The normalized spacial score (nSPS) is 11.9. The van der Waals surface area contributed by atoms with Gasteiger partial charge in [-0.05, 0) is 55.8 Å². The van der Waals surface area contributed by atoms with Crippen LogP contribution in [0.3, 0.4) is 0 Å². The van der Waals surface area contributed by atoms with Gasteiger partial charge in [-0.1, -0.05) is 60.5 Å². The summed E-state index contributed by atoms with van der Waals surface area (Å²) < 4.78 is 1.50. The van der Waals surface area contributed by atoms with E-state index >= 15 is 0 Å². The van der Waals surface area contributed by atoms with Crippen LogP contribution in [0.5, 0.6) is 0 Å². The summed E-state index contributed by atoms with van der Waals surface area (Å²) in [6, 6.07) is 20.4. The van der Waals surface area contributed by atoms with E-state index < -0.39 is 6.04 Å². The van der Waals surface area contributed by atoms with Crippen LogP contribution in [-0.4, -0.2) is 27.0 Å². The number of carbonyl (C=O) groups is 1. The predicted molar refractivity (Wildman–Crippen MR) is 138 cm³/mol. The fraction of sp³-hybridized carbons (Fsp3) is 0.192. The SMILES string of the molecule is CCCN(C(=O)Nc1cccc(Cl)c1)C(C)c1nc2ccccc2c(=O)n1-c1ccccc1Cl. The monoisotopic (exact) mass is 494 g/mol. The lowest BCUT2D eigenvalue weighted by molar-refractivity contribution is 0.189. The number of hydrogen-bond acceptors (Lipinski definition) is 3. The molecule has 0 radical (unpaired) electrons. The number of halogens is 2. The number of carbonyl (C=O) groups excluding carboxylic acids is 1. The number of nitrogens with zero attached hydrogens (tertiary/aromatic N) is 3. The Kier molecular flexibility index (Phi) is 7.20. The van der Waals surface area contributed by atoms with E-state index in [0.29, 0.717) is 44.7 Å². The maximum Gasteiger partial charge on any atom is 0.322 e. The summed E-state index contributed by atoms with van der Waals surface area (Å²) in [6.07, 6.45) is 0.719. The lowest BCUT2D eigenvalue weighted by Gasteiger charge is -2.30. The Morgan fingerprint density at radius 1 is 1.06 bits per heavy atom. The van der Waals surface area contributed by atoms with Gasteiger partial charge in [0.1, 0.15) is 5.82 Å². The van der Waals surface area contributed by atoms with Gasteiger partial charge in [0.25, 0.3) is 5.56 Å².